The SMILES string of the molecule is COC(=O)C[C@H]1C[C@@H]2c3cc(NC(=O)Nc4ccc(OC)cc4)ccc3O[C@@H]2[C@H](CO)O1. The van der Waals surface area contributed by atoms with E-state index in [0.29, 0.717) is 29.3 Å². The molecule has 4 rings (SSSR count). The van der Waals surface area contributed by atoms with Crippen LogP contribution in [0.1, 0.15) is 24.3 Å². The van der Waals surface area contributed by atoms with E-state index in [4.69, 9.17) is 18.9 Å². The van der Waals surface area contributed by atoms with E-state index >= 15 is 0 Å². The zero-order chi connectivity index (χ0) is 22.7. The molecule has 2 aromatic rings. The number of ether oxygens (including phenoxy) is 4. The number of urea groups is 1. The number of carbonyl (C=O) groups excluding carboxylic acids is 2. The van der Waals surface area contributed by atoms with Crippen molar-refractivity contribution in [2.45, 2.75) is 37.1 Å². The van der Waals surface area contributed by atoms with E-state index in [1.54, 1.807) is 43.5 Å². The molecule has 9 heteroatoms. The van der Waals surface area contributed by atoms with Crippen molar-refractivity contribution >= 4 is 23.4 Å². The van der Waals surface area contributed by atoms with Crippen LogP contribution in [0.15, 0.2) is 42.5 Å². The molecule has 0 aliphatic carbocycles. The summed E-state index contributed by atoms with van der Waals surface area (Å²) in [7, 11) is 2.91. The molecule has 2 aromatic carbocycles. The zero-order valence-corrected chi connectivity index (χ0v) is 17.9. The van der Waals surface area contributed by atoms with Crippen LogP contribution in [0.25, 0.3) is 0 Å². The first-order valence-electron chi connectivity index (χ1n) is 10.4. The molecule has 2 amide bonds. The Kier molecular flexibility index (Phi) is 6.48. The summed E-state index contributed by atoms with van der Waals surface area (Å²) in [6.45, 7) is -0.220. The predicted octanol–water partition coefficient (Wildman–Crippen LogP) is 2.90. The maximum atomic E-state index is 12.4. The lowest BCUT2D eigenvalue weighted by molar-refractivity contribution is -0.156. The first-order valence-corrected chi connectivity index (χ1v) is 10.4. The van der Waals surface area contributed by atoms with Gasteiger partial charge in [-0.3, -0.25) is 4.79 Å². The average Bonchev–Trinajstić information content (AvgIpc) is 3.17. The summed E-state index contributed by atoms with van der Waals surface area (Å²) in [6.07, 6.45) is -0.637. The number of anilines is 2. The highest BCUT2D eigenvalue weighted by atomic mass is 16.6. The molecule has 2 aliphatic heterocycles. The highest BCUT2D eigenvalue weighted by Crippen LogP contribution is 2.47. The monoisotopic (exact) mass is 442 g/mol. The van der Waals surface area contributed by atoms with E-state index in [1.807, 2.05) is 6.07 Å². The molecule has 0 aromatic heterocycles. The van der Waals surface area contributed by atoms with E-state index in [2.05, 4.69) is 10.6 Å². The summed E-state index contributed by atoms with van der Waals surface area (Å²) in [4.78, 5) is 24.2. The summed E-state index contributed by atoms with van der Waals surface area (Å²) >= 11 is 0. The van der Waals surface area contributed by atoms with Crippen molar-refractivity contribution in [3.63, 3.8) is 0 Å². The lowest BCUT2D eigenvalue weighted by atomic mass is 9.84. The van der Waals surface area contributed by atoms with E-state index in [1.165, 1.54) is 7.11 Å². The molecule has 2 heterocycles. The molecule has 0 spiro atoms. The van der Waals surface area contributed by atoms with Gasteiger partial charge in [0.15, 0.2) is 0 Å². The Hall–Kier alpha value is -3.30. The quantitative estimate of drug-likeness (QED) is 0.589. The molecule has 170 valence electrons. The molecule has 0 radical (unpaired) electrons. The highest BCUT2D eigenvalue weighted by Gasteiger charge is 2.46. The number of benzene rings is 2. The smallest absolute Gasteiger partial charge is 0.323 e. The van der Waals surface area contributed by atoms with Gasteiger partial charge in [-0.05, 0) is 48.9 Å². The Balaban J connectivity index is 1.46. The molecule has 0 bridgehead atoms. The summed E-state index contributed by atoms with van der Waals surface area (Å²) < 4.78 is 21.8. The fraction of sp³-hybridized carbons (Fsp3) is 0.391. The zero-order valence-electron chi connectivity index (χ0n) is 17.9. The molecule has 9 nitrogen and oxygen atoms in total. The molecular weight excluding hydrogens is 416 g/mol. The molecule has 2 aliphatic rings. The van der Waals surface area contributed by atoms with Crippen molar-refractivity contribution in [2.75, 3.05) is 31.5 Å². The normalized spacial score (nSPS) is 23.3. The van der Waals surface area contributed by atoms with Crippen LogP contribution in [-0.4, -0.2) is 56.2 Å². The topological polar surface area (TPSA) is 115 Å². The van der Waals surface area contributed by atoms with Crippen molar-refractivity contribution in [1.82, 2.24) is 0 Å². The van der Waals surface area contributed by atoms with Gasteiger partial charge in [0, 0.05) is 22.9 Å². The van der Waals surface area contributed by atoms with E-state index < -0.39 is 6.10 Å². The summed E-state index contributed by atoms with van der Waals surface area (Å²) in [6, 6.07) is 12.0. The number of fused-ring (bicyclic) bond motifs is 3. The second kappa shape index (κ2) is 9.46. The summed E-state index contributed by atoms with van der Waals surface area (Å²) in [5.41, 5.74) is 2.15. The third-order valence-corrected chi connectivity index (χ3v) is 5.73. The van der Waals surface area contributed by atoms with Gasteiger partial charge >= 0.3 is 12.0 Å². The van der Waals surface area contributed by atoms with Crippen LogP contribution in [0.4, 0.5) is 16.2 Å². The van der Waals surface area contributed by atoms with Gasteiger partial charge in [-0.25, -0.2) is 4.79 Å². The standard InChI is InChI=1S/C23H26N2O7/c1-29-15-6-3-13(4-7-15)24-23(28)25-14-5-8-19-17(9-14)18-10-16(11-21(27)30-2)31-20(12-26)22(18)32-19/h3-9,16,18,20,22,26H,10-12H2,1-2H3,(H2,24,25,28)/t16-,18-,20+,22+/m1/s1. The van der Waals surface area contributed by atoms with Gasteiger partial charge in [-0.2, -0.15) is 0 Å². The average molecular weight is 442 g/mol. The molecule has 0 saturated carbocycles. The first-order chi connectivity index (χ1) is 15.5. The van der Waals surface area contributed by atoms with Gasteiger partial charge in [0.2, 0.25) is 0 Å². The van der Waals surface area contributed by atoms with Crippen molar-refractivity contribution in [2.24, 2.45) is 0 Å². The number of methoxy groups -OCH3 is 2. The van der Waals surface area contributed by atoms with E-state index in [-0.39, 0.29) is 43.2 Å². The van der Waals surface area contributed by atoms with Crippen LogP contribution in [-0.2, 0) is 14.3 Å². The van der Waals surface area contributed by atoms with Crippen molar-refractivity contribution < 1.29 is 33.6 Å². The van der Waals surface area contributed by atoms with Gasteiger partial charge in [0.1, 0.15) is 23.7 Å². The molecule has 4 atom stereocenters. The summed E-state index contributed by atoms with van der Waals surface area (Å²) in [5, 5.41) is 15.4. The van der Waals surface area contributed by atoms with Crippen molar-refractivity contribution in [3.05, 3.63) is 48.0 Å². The molecule has 3 N–H and O–H groups in total. The molecule has 32 heavy (non-hydrogen) atoms. The van der Waals surface area contributed by atoms with Gasteiger partial charge in [0.05, 0.1) is 33.4 Å². The number of carbonyl (C=O) groups is 2. The fourth-order valence-corrected chi connectivity index (χ4v) is 4.20. The first kappa shape index (κ1) is 21.9. The minimum atomic E-state index is -0.550. The largest absolute Gasteiger partial charge is 0.497 e. The lowest BCUT2D eigenvalue weighted by Gasteiger charge is -2.36. The Morgan fingerprint density at radius 3 is 2.50 bits per heavy atom. The number of esters is 1. The van der Waals surface area contributed by atoms with Crippen LogP contribution in [0.3, 0.4) is 0 Å². The Bertz CT molecular complexity index is 979. The second-order valence-electron chi connectivity index (χ2n) is 7.74. The number of rotatable bonds is 6. The number of nitrogens with one attached hydrogen (secondary N) is 2. The van der Waals surface area contributed by atoms with Crippen molar-refractivity contribution in [1.29, 1.82) is 0 Å². The third-order valence-electron chi connectivity index (χ3n) is 5.73. The van der Waals surface area contributed by atoms with Gasteiger partial charge < -0.3 is 34.7 Å². The number of aliphatic hydroxyl groups is 1. The van der Waals surface area contributed by atoms with Gasteiger partial charge in [-0.1, -0.05) is 0 Å². The van der Waals surface area contributed by atoms with Crippen LogP contribution in [0, 0.1) is 0 Å². The second-order valence-corrected chi connectivity index (χ2v) is 7.74. The maximum absolute atomic E-state index is 12.4. The van der Waals surface area contributed by atoms with Crippen LogP contribution >= 0.6 is 0 Å². The Labute approximate surface area is 185 Å². The van der Waals surface area contributed by atoms with Crippen LogP contribution in [0.5, 0.6) is 11.5 Å². The Morgan fingerprint density at radius 1 is 1.09 bits per heavy atom. The number of hydrogen-bond donors (Lipinski definition) is 3. The van der Waals surface area contributed by atoms with Crippen molar-refractivity contribution in [3.8, 4) is 11.5 Å². The minimum Gasteiger partial charge on any atom is -0.497 e. The van der Waals surface area contributed by atoms with E-state index in [9.17, 15) is 14.7 Å². The minimum absolute atomic E-state index is 0.0723. The van der Waals surface area contributed by atoms with E-state index in [0.717, 1.165) is 5.56 Å². The molecular formula is C23H26N2O7. The third kappa shape index (κ3) is 4.63. The fourth-order valence-electron chi connectivity index (χ4n) is 4.20. The number of hydrogen-bond acceptors (Lipinski definition) is 7. The Morgan fingerprint density at radius 2 is 1.81 bits per heavy atom. The molecule has 1 fully saturated rings. The highest BCUT2D eigenvalue weighted by molar-refractivity contribution is 5.99. The van der Waals surface area contributed by atoms with Crippen LogP contribution in [0.2, 0.25) is 0 Å². The van der Waals surface area contributed by atoms with Gasteiger partial charge in [-0.15, -0.1) is 0 Å². The number of aliphatic hydroxyl groups excluding tert-OH is 1. The molecule has 0 unspecified atom stereocenters. The maximum Gasteiger partial charge on any atom is 0.323 e. The van der Waals surface area contributed by atoms with Gasteiger partial charge in [0.25, 0.3) is 0 Å². The summed E-state index contributed by atoms with van der Waals surface area (Å²) in [5.74, 6) is 0.945. The predicted molar refractivity (Wildman–Crippen MR) is 116 cm³/mol. The molecule has 1 saturated heterocycles. The van der Waals surface area contributed by atoms with Crippen LogP contribution < -0.4 is 20.1 Å². The lowest BCUT2D eigenvalue weighted by Crippen LogP contribution is -2.46. The number of amides is 2.